The number of hydrogen-bond donors (Lipinski definition) is 0. The molecule has 1 aromatic carbocycles. The summed E-state index contributed by atoms with van der Waals surface area (Å²) in [7, 11) is 7.48. The van der Waals surface area contributed by atoms with E-state index in [0.717, 1.165) is 16.4 Å². The van der Waals surface area contributed by atoms with Crippen LogP contribution in [0.1, 0.15) is 0 Å². The molecule has 2 nitrogen and oxygen atoms in total. The molecule has 0 amide bonds. The van der Waals surface area contributed by atoms with Gasteiger partial charge in [0.2, 0.25) is 0 Å². The summed E-state index contributed by atoms with van der Waals surface area (Å²) in [5, 5.41) is 5.34. The van der Waals surface area contributed by atoms with Gasteiger partial charge in [-0.05, 0) is 6.07 Å². The van der Waals surface area contributed by atoms with E-state index in [1.807, 2.05) is 31.4 Å². The molecule has 0 aliphatic rings. The first kappa shape index (κ1) is 6.46. The molecule has 0 unspecified atom stereocenters. The average Bonchev–Trinajstić information content (AvgIpc) is 2.27. The molecule has 2 aromatic rings. The SMILES string of the molecule is [B]c1ccc2cn(C)nc2c1. The maximum Gasteiger partial charge on any atom is 0.113 e. The van der Waals surface area contributed by atoms with Gasteiger partial charge in [0.25, 0.3) is 0 Å². The second kappa shape index (κ2) is 2.12. The molecule has 52 valence electrons. The average molecular weight is 142 g/mol. The van der Waals surface area contributed by atoms with Crippen LogP contribution in [0.4, 0.5) is 0 Å². The molecule has 0 spiro atoms. The minimum absolute atomic E-state index is 0.760. The number of rotatable bonds is 0. The van der Waals surface area contributed by atoms with Gasteiger partial charge in [0, 0.05) is 18.6 Å². The van der Waals surface area contributed by atoms with Crippen LogP contribution in [-0.4, -0.2) is 17.6 Å². The van der Waals surface area contributed by atoms with Crippen LogP contribution < -0.4 is 5.46 Å². The van der Waals surface area contributed by atoms with Gasteiger partial charge in [-0.1, -0.05) is 17.6 Å². The van der Waals surface area contributed by atoms with Gasteiger partial charge in [0.1, 0.15) is 7.85 Å². The van der Waals surface area contributed by atoms with E-state index in [1.54, 1.807) is 4.68 Å². The van der Waals surface area contributed by atoms with Gasteiger partial charge in [0.15, 0.2) is 0 Å². The van der Waals surface area contributed by atoms with E-state index in [0.29, 0.717) is 0 Å². The third-order valence-corrected chi connectivity index (χ3v) is 1.65. The van der Waals surface area contributed by atoms with Crippen LogP contribution in [0.5, 0.6) is 0 Å². The minimum atomic E-state index is 0.760. The van der Waals surface area contributed by atoms with Gasteiger partial charge in [0.05, 0.1) is 5.52 Å². The van der Waals surface area contributed by atoms with Crippen molar-refractivity contribution < 1.29 is 0 Å². The summed E-state index contributed by atoms with van der Waals surface area (Å²) in [6, 6.07) is 5.72. The van der Waals surface area contributed by atoms with Crippen molar-refractivity contribution in [2.24, 2.45) is 7.05 Å². The molecular formula is C8H7BN2. The normalized spacial score (nSPS) is 10.6. The van der Waals surface area contributed by atoms with Gasteiger partial charge >= 0.3 is 0 Å². The Balaban J connectivity index is 2.82. The minimum Gasteiger partial charge on any atom is -0.275 e. The third kappa shape index (κ3) is 1.02. The van der Waals surface area contributed by atoms with Crippen LogP contribution in [0.3, 0.4) is 0 Å². The highest BCUT2D eigenvalue weighted by Crippen LogP contribution is 2.07. The van der Waals surface area contributed by atoms with Crippen LogP contribution in [0.2, 0.25) is 0 Å². The monoisotopic (exact) mass is 142 g/mol. The van der Waals surface area contributed by atoms with E-state index in [4.69, 9.17) is 7.85 Å². The fourth-order valence-electron chi connectivity index (χ4n) is 1.16. The summed E-state index contributed by atoms with van der Waals surface area (Å²) in [6.45, 7) is 0. The standard InChI is InChI=1S/C8H7BN2/c1-11-5-6-2-3-7(9)4-8(6)10-11/h2-5H,1H3. The van der Waals surface area contributed by atoms with Crippen molar-refractivity contribution in [2.75, 3.05) is 0 Å². The van der Waals surface area contributed by atoms with E-state index in [1.165, 1.54) is 0 Å². The molecule has 2 rings (SSSR count). The molecule has 0 bridgehead atoms. The highest BCUT2D eigenvalue weighted by atomic mass is 15.2. The van der Waals surface area contributed by atoms with Crippen LogP contribution in [-0.2, 0) is 7.05 Å². The van der Waals surface area contributed by atoms with E-state index in [-0.39, 0.29) is 0 Å². The number of aromatic nitrogens is 2. The van der Waals surface area contributed by atoms with Crippen molar-refractivity contribution in [3.63, 3.8) is 0 Å². The Bertz CT molecular complexity index is 392. The summed E-state index contributed by atoms with van der Waals surface area (Å²) < 4.78 is 1.78. The van der Waals surface area contributed by atoms with Gasteiger partial charge in [-0.25, -0.2) is 0 Å². The summed E-state index contributed by atoms with van der Waals surface area (Å²) >= 11 is 0. The summed E-state index contributed by atoms with van der Waals surface area (Å²) in [4.78, 5) is 0. The van der Waals surface area contributed by atoms with Gasteiger partial charge in [-0.15, -0.1) is 0 Å². The summed E-state index contributed by atoms with van der Waals surface area (Å²) in [6.07, 6.45) is 1.97. The van der Waals surface area contributed by atoms with Crippen molar-refractivity contribution in [1.82, 2.24) is 9.78 Å². The zero-order valence-electron chi connectivity index (χ0n) is 6.28. The van der Waals surface area contributed by atoms with Crippen molar-refractivity contribution >= 4 is 24.2 Å². The maximum atomic E-state index is 5.58. The van der Waals surface area contributed by atoms with Crippen molar-refractivity contribution in [3.8, 4) is 0 Å². The Morgan fingerprint density at radius 3 is 3.09 bits per heavy atom. The van der Waals surface area contributed by atoms with Crippen LogP contribution in [0.25, 0.3) is 10.9 Å². The molecule has 0 fully saturated rings. The summed E-state index contributed by atoms with van der Waals surface area (Å²) in [5.74, 6) is 0. The maximum absolute atomic E-state index is 5.58. The van der Waals surface area contributed by atoms with Gasteiger partial charge in [-0.3, -0.25) is 4.68 Å². The molecule has 0 atom stereocenters. The number of aryl methyl sites for hydroxylation is 1. The van der Waals surface area contributed by atoms with Crippen molar-refractivity contribution in [1.29, 1.82) is 0 Å². The second-order valence-electron chi connectivity index (χ2n) is 2.62. The van der Waals surface area contributed by atoms with Crippen molar-refractivity contribution in [3.05, 3.63) is 24.4 Å². The van der Waals surface area contributed by atoms with Gasteiger partial charge < -0.3 is 0 Å². The molecule has 0 N–H and O–H groups in total. The lowest BCUT2D eigenvalue weighted by Crippen LogP contribution is -1.99. The molecule has 2 radical (unpaired) electrons. The van der Waals surface area contributed by atoms with Crippen LogP contribution in [0.15, 0.2) is 24.4 Å². The molecule has 0 aliphatic carbocycles. The highest BCUT2D eigenvalue weighted by molar-refractivity contribution is 6.33. The Morgan fingerprint density at radius 1 is 1.45 bits per heavy atom. The predicted octanol–water partition coefficient (Wildman–Crippen LogP) is 0.367. The fourth-order valence-corrected chi connectivity index (χ4v) is 1.16. The Labute approximate surface area is 66.2 Å². The molecule has 3 heteroatoms. The first-order chi connectivity index (χ1) is 5.25. The zero-order valence-corrected chi connectivity index (χ0v) is 6.28. The number of hydrogen-bond acceptors (Lipinski definition) is 1. The molecule has 1 heterocycles. The quantitative estimate of drug-likeness (QED) is 0.485. The molecule has 0 aliphatic heterocycles. The number of benzene rings is 1. The summed E-state index contributed by atoms with van der Waals surface area (Å²) in [5.41, 5.74) is 1.71. The highest BCUT2D eigenvalue weighted by Gasteiger charge is 1.95. The van der Waals surface area contributed by atoms with Gasteiger partial charge in [-0.2, -0.15) is 5.10 Å². The Kier molecular flexibility index (Phi) is 1.25. The first-order valence-electron chi connectivity index (χ1n) is 3.44. The van der Waals surface area contributed by atoms with E-state index in [2.05, 4.69) is 5.10 Å². The lowest BCUT2D eigenvalue weighted by molar-refractivity contribution is 0.780. The molecule has 0 saturated carbocycles. The largest absolute Gasteiger partial charge is 0.275 e. The number of fused-ring (bicyclic) bond motifs is 1. The zero-order chi connectivity index (χ0) is 7.84. The lowest BCUT2D eigenvalue weighted by atomic mass is 9.96. The molecule has 0 saturated heterocycles. The molecule has 11 heavy (non-hydrogen) atoms. The number of nitrogens with zero attached hydrogens (tertiary/aromatic N) is 2. The molecule has 1 aromatic heterocycles. The third-order valence-electron chi connectivity index (χ3n) is 1.65. The topological polar surface area (TPSA) is 17.8 Å². The van der Waals surface area contributed by atoms with Crippen LogP contribution >= 0.6 is 0 Å². The smallest absolute Gasteiger partial charge is 0.113 e. The molecular weight excluding hydrogens is 135 g/mol. The van der Waals surface area contributed by atoms with Crippen LogP contribution in [0, 0.1) is 0 Å². The van der Waals surface area contributed by atoms with E-state index < -0.39 is 0 Å². The van der Waals surface area contributed by atoms with E-state index >= 15 is 0 Å². The Hall–Kier alpha value is -1.25. The lowest BCUT2D eigenvalue weighted by Gasteiger charge is -1.88. The first-order valence-corrected chi connectivity index (χ1v) is 3.44. The van der Waals surface area contributed by atoms with Crippen molar-refractivity contribution in [2.45, 2.75) is 0 Å². The second-order valence-corrected chi connectivity index (χ2v) is 2.62. The fraction of sp³-hybridized carbons (Fsp3) is 0.125. The predicted molar refractivity (Wildman–Crippen MR) is 46.1 cm³/mol. The van der Waals surface area contributed by atoms with E-state index in [9.17, 15) is 0 Å². The Morgan fingerprint density at radius 2 is 2.27 bits per heavy atom.